The number of hydrogen-bond acceptors (Lipinski definition) is 1. The maximum atomic E-state index is 13.7. The van der Waals surface area contributed by atoms with E-state index in [1.54, 1.807) is 0 Å². The third kappa shape index (κ3) is 6.95. The standard InChI is InChI=1S/C20H26F13NO/c1-4-5-11-34(14(35)13(2)3)12-9-7-6-8-10-15(21,22)16(23,24)17(25,26)18(27,28)19(29,30)20(31,32)33/h2,4-12H2,1,3H3. The fraction of sp³-hybridized carbons (Fsp3) is 0.850. The van der Waals surface area contributed by atoms with Gasteiger partial charge in [0.15, 0.2) is 0 Å². The van der Waals surface area contributed by atoms with Gasteiger partial charge in [-0.25, -0.2) is 0 Å². The molecule has 0 aromatic heterocycles. The molecule has 35 heavy (non-hydrogen) atoms. The zero-order valence-electron chi connectivity index (χ0n) is 18.8. The normalized spacial score (nSPS) is 14.3. The minimum absolute atomic E-state index is 0.00639. The van der Waals surface area contributed by atoms with Gasteiger partial charge in [-0.2, -0.15) is 57.1 Å². The molecule has 0 bridgehead atoms. The summed E-state index contributed by atoms with van der Waals surface area (Å²) in [6, 6.07) is 0. The fourth-order valence-electron chi connectivity index (χ4n) is 2.90. The number of carbonyl (C=O) groups is 1. The van der Waals surface area contributed by atoms with Gasteiger partial charge in [0.05, 0.1) is 0 Å². The maximum Gasteiger partial charge on any atom is 0.460 e. The average molecular weight is 543 g/mol. The van der Waals surface area contributed by atoms with Crippen molar-refractivity contribution in [1.29, 1.82) is 0 Å². The number of alkyl halides is 13. The molecule has 15 heteroatoms. The van der Waals surface area contributed by atoms with Crippen LogP contribution < -0.4 is 0 Å². The number of carbonyl (C=O) groups excluding carboxylic acids is 1. The van der Waals surface area contributed by atoms with Gasteiger partial charge in [0.1, 0.15) is 0 Å². The summed E-state index contributed by atoms with van der Waals surface area (Å²) in [5.41, 5.74) is 0.219. The lowest BCUT2D eigenvalue weighted by atomic mass is 9.91. The Balaban J connectivity index is 5.19. The summed E-state index contributed by atoms with van der Waals surface area (Å²) in [5, 5.41) is 0. The van der Waals surface area contributed by atoms with Crippen molar-refractivity contribution >= 4 is 5.91 Å². The first-order valence-electron chi connectivity index (χ1n) is 10.4. The summed E-state index contributed by atoms with van der Waals surface area (Å²) in [5.74, 6) is -37.0. The Morgan fingerprint density at radius 3 is 1.51 bits per heavy atom. The molecule has 0 aliphatic heterocycles. The van der Waals surface area contributed by atoms with E-state index in [0.717, 1.165) is 6.42 Å². The van der Waals surface area contributed by atoms with Gasteiger partial charge in [-0.1, -0.05) is 32.8 Å². The minimum atomic E-state index is -7.87. The maximum absolute atomic E-state index is 13.7. The lowest BCUT2D eigenvalue weighted by molar-refractivity contribution is -0.440. The van der Waals surface area contributed by atoms with E-state index in [4.69, 9.17) is 0 Å². The summed E-state index contributed by atoms with van der Waals surface area (Å²) in [7, 11) is 0. The summed E-state index contributed by atoms with van der Waals surface area (Å²) in [6.07, 6.45) is -9.37. The van der Waals surface area contributed by atoms with Crippen LogP contribution in [0.2, 0.25) is 0 Å². The number of hydrogen-bond donors (Lipinski definition) is 0. The van der Waals surface area contributed by atoms with E-state index in [2.05, 4.69) is 6.58 Å². The van der Waals surface area contributed by atoms with Crippen LogP contribution in [0.4, 0.5) is 57.1 Å². The second-order valence-corrected chi connectivity index (χ2v) is 8.09. The SMILES string of the molecule is C=C(C)C(=O)N(CCCC)CCCCCCC(F)(F)C(F)(F)C(F)(F)C(F)(F)C(F)(F)C(F)(F)F. The Kier molecular flexibility index (Phi) is 11.0. The van der Waals surface area contributed by atoms with Crippen LogP contribution >= 0.6 is 0 Å². The molecule has 0 rings (SSSR count). The molecule has 0 heterocycles. The van der Waals surface area contributed by atoms with Crippen molar-refractivity contribution in [3.8, 4) is 0 Å². The summed E-state index contributed by atoms with van der Waals surface area (Å²) in [4.78, 5) is 13.4. The quantitative estimate of drug-likeness (QED) is 0.117. The van der Waals surface area contributed by atoms with Gasteiger partial charge in [0, 0.05) is 25.1 Å². The Hall–Kier alpha value is -1.70. The first-order valence-corrected chi connectivity index (χ1v) is 10.4. The second-order valence-electron chi connectivity index (χ2n) is 8.09. The lowest BCUT2D eigenvalue weighted by Gasteiger charge is -2.39. The molecule has 0 unspecified atom stereocenters. The summed E-state index contributed by atoms with van der Waals surface area (Å²) in [6.45, 7) is 7.26. The molecule has 2 nitrogen and oxygen atoms in total. The minimum Gasteiger partial charge on any atom is -0.339 e. The first kappa shape index (κ1) is 33.3. The summed E-state index contributed by atoms with van der Waals surface area (Å²) < 4.78 is 170. The zero-order chi connectivity index (χ0) is 28.1. The van der Waals surface area contributed by atoms with E-state index in [0.29, 0.717) is 13.0 Å². The van der Waals surface area contributed by atoms with Crippen LogP contribution in [0.25, 0.3) is 0 Å². The molecular formula is C20H26F13NO. The largest absolute Gasteiger partial charge is 0.460 e. The number of rotatable bonds is 15. The number of halogens is 13. The molecule has 0 saturated heterocycles. The van der Waals surface area contributed by atoms with E-state index in [-0.39, 0.29) is 37.3 Å². The summed E-state index contributed by atoms with van der Waals surface area (Å²) >= 11 is 0. The highest BCUT2D eigenvalue weighted by molar-refractivity contribution is 5.92. The van der Waals surface area contributed by atoms with Gasteiger partial charge in [-0.15, -0.1) is 0 Å². The molecule has 0 radical (unpaired) electrons. The van der Waals surface area contributed by atoms with Crippen molar-refractivity contribution in [3.05, 3.63) is 12.2 Å². The van der Waals surface area contributed by atoms with Crippen LogP contribution in [-0.2, 0) is 4.79 Å². The third-order valence-electron chi connectivity index (χ3n) is 5.10. The van der Waals surface area contributed by atoms with E-state index in [9.17, 15) is 61.9 Å². The highest BCUT2D eigenvalue weighted by atomic mass is 19.4. The van der Waals surface area contributed by atoms with Crippen LogP contribution in [-0.4, -0.2) is 59.7 Å². The third-order valence-corrected chi connectivity index (χ3v) is 5.10. The molecule has 0 N–H and O–H groups in total. The topological polar surface area (TPSA) is 20.3 Å². The van der Waals surface area contributed by atoms with Crippen molar-refractivity contribution in [2.24, 2.45) is 0 Å². The fourth-order valence-corrected chi connectivity index (χ4v) is 2.90. The van der Waals surface area contributed by atoms with Crippen LogP contribution in [0.1, 0.15) is 58.8 Å². The van der Waals surface area contributed by atoms with Crippen molar-refractivity contribution in [3.63, 3.8) is 0 Å². The van der Waals surface area contributed by atoms with Crippen LogP contribution in [0, 0.1) is 0 Å². The predicted octanol–water partition coefficient (Wildman–Crippen LogP) is 7.88. The molecule has 0 aliphatic rings. The molecule has 208 valence electrons. The molecule has 0 saturated carbocycles. The molecule has 0 aromatic carbocycles. The number of amides is 1. The van der Waals surface area contributed by atoms with E-state index >= 15 is 0 Å². The average Bonchev–Trinajstić information content (AvgIpc) is 2.70. The van der Waals surface area contributed by atoms with Crippen LogP contribution in [0.15, 0.2) is 12.2 Å². The van der Waals surface area contributed by atoms with Crippen molar-refractivity contribution in [1.82, 2.24) is 4.90 Å². The van der Waals surface area contributed by atoms with Crippen LogP contribution in [0.5, 0.6) is 0 Å². The Labute approximate surface area is 193 Å². The first-order chi connectivity index (χ1) is 15.5. The molecule has 0 fully saturated rings. The monoisotopic (exact) mass is 543 g/mol. The Morgan fingerprint density at radius 1 is 0.657 bits per heavy atom. The number of nitrogens with zero attached hydrogens (tertiary/aromatic N) is 1. The van der Waals surface area contributed by atoms with Gasteiger partial charge >= 0.3 is 35.8 Å². The van der Waals surface area contributed by atoms with Gasteiger partial charge < -0.3 is 4.90 Å². The van der Waals surface area contributed by atoms with Gasteiger partial charge in [-0.3, -0.25) is 4.79 Å². The van der Waals surface area contributed by atoms with Gasteiger partial charge in [-0.05, 0) is 26.2 Å². The smallest absolute Gasteiger partial charge is 0.339 e. The van der Waals surface area contributed by atoms with Crippen LogP contribution in [0.3, 0.4) is 0 Å². The Bertz CT molecular complexity index is 716. The van der Waals surface area contributed by atoms with Crippen molar-refractivity contribution in [2.45, 2.75) is 94.6 Å². The van der Waals surface area contributed by atoms with E-state index in [1.165, 1.54) is 11.8 Å². The number of unbranched alkanes of at least 4 members (excludes halogenated alkanes) is 4. The molecular weight excluding hydrogens is 517 g/mol. The lowest BCUT2D eigenvalue weighted by Crippen LogP contribution is -2.70. The predicted molar refractivity (Wildman–Crippen MR) is 100 cm³/mol. The van der Waals surface area contributed by atoms with Gasteiger partial charge in [0.25, 0.3) is 0 Å². The Morgan fingerprint density at radius 2 is 1.09 bits per heavy atom. The molecule has 0 atom stereocenters. The van der Waals surface area contributed by atoms with E-state index in [1.807, 2.05) is 6.92 Å². The molecule has 0 aromatic rings. The molecule has 1 amide bonds. The van der Waals surface area contributed by atoms with Gasteiger partial charge in [0.2, 0.25) is 5.91 Å². The van der Waals surface area contributed by atoms with Crippen molar-refractivity contribution < 1.29 is 61.9 Å². The van der Waals surface area contributed by atoms with Crippen molar-refractivity contribution in [2.75, 3.05) is 13.1 Å². The molecule has 0 spiro atoms. The zero-order valence-corrected chi connectivity index (χ0v) is 18.8. The highest BCUT2D eigenvalue weighted by Crippen LogP contribution is 2.60. The molecule has 0 aliphatic carbocycles. The second kappa shape index (κ2) is 11.6. The van der Waals surface area contributed by atoms with E-state index < -0.39 is 48.6 Å². The highest BCUT2D eigenvalue weighted by Gasteiger charge is 2.90.